The van der Waals surface area contributed by atoms with Crippen LogP contribution in [0.25, 0.3) is 5.69 Å². The van der Waals surface area contributed by atoms with Crippen LogP contribution in [0.4, 0.5) is 8.78 Å². The van der Waals surface area contributed by atoms with Crippen molar-refractivity contribution in [2.24, 2.45) is 5.10 Å². The molecule has 0 fully saturated rings. The molecule has 1 aromatic carbocycles. The van der Waals surface area contributed by atoms with E-state index in [0.717, 1.165) is 10.7 Å². The molecule has 0 spiro atoms. The second-order valence-corrected chi connectivity index (χ2v) is 6.96. The largest absolute Gasteiger partial charge is 0.453 e. The summed E-state index contributed by atoms with van der Waals surface area (Å²) in [4.78, 5) is 36.2. The number of carbonyl (C=O) groups excluding carboxylic acids is 3. The standard InChI is InChI=1S/C21H21F2N3O5/c1-12-10-16(13(2)26(12)14-4-6-15(7-5-14)31-21(22)23)18(27)11-30-20(29)17-8-9-19(28)25(3)24-17/h4-7,10,21H,8-9,11H2,1-3H3. The lowest BCUT2D eigenvalue weighted by molar-refractivity contribution is -0.135. The fourth-order valence-electron chi connectivity index (χ4n) is 3.33. The zero-order valence-electron chi connectivity index (χ0n) is 17.2. The number of aromatic nitrogens is 1. The van der Waals surface area contributed by atoms with E-state index in [0.29, 0.717) is 16.9 Å². The number of hydrogen-bond acceptors (Lipinski definition) is 6. The van der Waals surface area contributed by atoms with Crippen LogP contribution >= 0.6 is 0 Å². The van der Waals surface area contributed by atoms with Crippen molar-refractivity contribution < 1.29 is 32.6 Å². The van der Waals surface area contributed by atoms with Gasteiger partial charge in [-0.2, -0.15) is 13.9 Å². The molecule has 164 valence electrons. The average Bonchev–Trinajstić information content (AvgIpc) is 3.02. The Morgan fingerprint density at radius 3 is 2.45 bits per heavy atom. The summed E-state index contributed by atoms with van der Waals surface area (Å²) in [5, 5.41) is 4.94. The second-order valence-electron chi connectivity index (χ2n) is 6.96. The first-order valence-corrected chi connectivity index (χ1v) is 9.46. The molecule has 1 aliphatic rings. The number of benzene rings is 1. The van der Waals surface area contributed by atoms with Gasteiger partial charge in [0.2, 0.25) is 11.7 Å². The number of esters is 1. The number of aryl methyl sites for hydroxylation is 1. The molecule has 0 atom stereocenters. The number of hydrazone groups is 1. The Bertz CT molecular complexity index is 1040. The van der Waals surface area contributed by atoms with E-state index in [9.17, 15) is 23.2 Å². The van der Waals surface area contributed by atoms with E-state index in [4.69, 9.17) is 4.74 Å². The summed E-state index contributed by atoms with van der Waals surface area (Å²) in [6, 6.07) is 7.70. The summed E-state index contributed by atoms with van der Waals surface area (Å²) >= 11 is 0. The number of carbonyl (C=O) groups is 3. The number of halogens is 2. The highest BCUT2D eigenvalue weighted by molar-refractivity contribution is 6.37. The van der Waals surface area contributed by atoms with Gasteiger partial charge in [-0.1, -0.05) is 0 Å². The molecule has 1 aliphatic heterocycles. The maximum absolute atomic E-state index is 12.6. The Balaban J connectivity index is 1.71. The van der Waals surface area contributed by atoms with E-state index in [1.165, 1.54) is 19.2 Å². The van der Waals surface area contributed by atoms with Crippen molar-refractivity contribution >= 4 is 23.4 Å². The van der Waals surface area contributed by atoms with Gasteiger partial charge in [-0.3, -0.25) is 9.59 Å². The van der Waals surface area contributed by atoms with Gasteiger partial charge >= 0.3 is 12.6 Å². The Hall–Kier alpha value is -3.56. The molecule has 2 heterocycles. The zero-order chi connectivity index (χ0) is 22.7. The predicted molar refractivity (Wildman–Crippen MR) is 107 cm³/mol. The molecular weight excluding hydrogens is 412 g/mol. The first kappa shape index (κ1) is 22.1. The van der Waals surface area contributed by atoms with Gasteiger partial charge in [0, 0.05) is 42.5 Å². The van der Waals surface area contributed by atoms with Gasteiger partial charge in [-0.25, -0.2) is 9.80 Å². The van der Waals surface area contributed by atoms with Crippen LogP contribution in [0.5, 0.6) is 5.75 Å². The van der Waals surface area contributed by atoms with Gasteiger partial charge < -0.3 is 14.0 Å². The van der Waals surface area contributed by atoms with Crippen LogP contribution in [0.3, 0.4) is 0 Å². The molecule has 2 aromatic rings. The maximum Gasteiger partial charge on any atom is 0.387 e. The molecule has 0 N–H and O–H groups in total. The SMILES string of the molecule is Cc1cc(C(=O)COC(=O)C2=NN(C)C(=O)CC2)c(C)n1-c1ccc(OC(F)F)cc1. The fourth-order valence-corrected chi connectivity index (χ4v) is 3.33. The molecule has 0 bridgehead atoms. The summed E-state index contributed by atoms with van der Waals surface area (Å²) < 4.78 is 35.9. The molecule has 1 aromatic heterocycles. The third-order valence-corrected chi connectivity index (χ3v) is 4.83. The Morgan fingerprint density at radius 2 is 1.84 bits per heavy atom. The predicted octanol–water partition coefficient (Wildman–Crippen LogP) is 3.03. The van der Waals surface area contributed by atoms with Crippen LogP contribution < -0.4 is 4.74 Å². The van der Waals surface area contributed by atoms with E-state index < -0.39 is 25.0 Å². The van der Waals surface area contributed by atoms with Crippen molar-refractivity contribution in [3.8, 4) is 11.4 Å². The minimum Gasteiger partial charge on any atom is -0.453 e. The number of amides is 1. The number of alkyl halides is 2. The molecule has 31 heavy (non-hydrogen) atoms. The first-order valence-electron chi connectivity index (χ1n) is 9.46. The Morgan fingerprint density at radius 1 is 1.16 bits per heavy atom. The zero-order valence-corrected chi connectivity index (χ0v) is 17.2. The minimum atomic E-state index is -2.91. The lowest BCUT2D eigenvalue weighted by Gasteiger charge is -2.18. The van der Waals surface area contributed by atoms with E-state index in [-0.39, 0.29) is 30.2 Å². The summed E-state index contributed by atoms with van der Waals surface area (Å²) in [7, 11) is 1.45. The Kier molecular flexibility index (Phi) is 6.47. The number of ketones is 1. The number of Topliss-reactive ketones (excluding diaryl/α,β-unsaturated/α-hetero) is 1. The highest BCUT2D eigenvalue weighted by Crippen LogP contribution is 2.24. The summed E-state index contributed by atoms with van der Waals surface area (Å²) in [6.45, 7) is 0.148. The summed E-state index contributed by atoms with van der Waals surface area (Å²) in [5.41, 5.74) is 2.48. The topological polar surface area (TPSA) is 90.2 Å². The molecule has 10 heteroatoms. The maximum atomic E-state index is 12.6. The van der Waals surface area contributed by atoms with Crippen molar-refractivity contribution in [3.05, 3.63) is 47.3 Å². The van der Waals surface area contributed by atoms with Gasteiger partial charge in [0.25, 0.3) is 0 Å². The number of hydrogen-bond donors (Lipinski definition) is 0. The first-order chi connectivity index (χ1) is 14.7. The van der Waals surface area contributed by atoms with Gasteiger partial charge in [0.15, 0.2) is 6.61 Å². The van der Waals surface area contributed by atoms with Crippen LogP contribution in [-0.2, 0) is 14.3 Å². The van der Waals surface area contributed by atoms with Crippen LogP contribution in [-0.4, -0.2) is 53.2 Å². The lowest BCUT2D eigenvalue weighted by atomic mass is 10.1. The fraction of sp³-hybridized carbons (Fsp3) is 0.333. The van der Waals surface area contributed by atoms with Crippen LogP contribution in [0.1, 0.15) is 34.6 Å². The van der Waals surface area contributed by atoms with Crippen molar-refractivity contribution in [3.63, 3.8) is 0 Å². The third-order valence-electron chi connectivity index (χ3n) is 4.83. The van der Waals surface area contributed by atoms with Gasteiger partial charge in [-0.15, -0.1) is 0 Å². The summed E-state index contributed by atoms with van der Waals surface area (Å²) in [6.07, 6.45) is 0.316. The molecule has 0 radical (unpaired) electrons. The molecule has 0 unspecified atom stereocenters. The minimum absolute atomic E-state index is 0.0300. The van der Waals surface area contributed by atoms with E-state index in [1.54, 1.807) is 36.6 Å². The molecule has 8 nitrogen and oxygen atoms in total. The molecule has 0 aliphatic carbocycles. The van der Waals surface area contributed by atoms with E-state index >= 15 is 0 Å². The monoisotopic (exact) mass is 433 g/mol. The van der Waals surface area contributed by atoms with Crippen molar-refractivity contribution in [1.29, 1.82) is 0 Å². The van der Waals surface area contributed by atoms with Crippen molar-refractivity contribution in [1.82, 2.24) is 9.58 Å². The molecule has 0 saturated carbocycles. The van der Waals surface area contributed by atoms with Crippen molar-refractivity contribution in [2.45, 2.75) is 33.3 Å². The molecule has 3 rings (SSSR count). The van der Waals surface area contributed by atoms with Gasteiger partial charge in [0.1, 0.15) is 11.5 Å². The highest BCUT2D eigenvalue weighted by Gasteiger charge is 2.24. The molecular formula is C21H21F2N3O5. The van der Waals surface area contributed by atoms with Crippen LogP contribution in [0.2, 0.25) is 0 Å². The van der Waals surface area contributed by atoms with E-state index in [1.807, 2.05) is 0 Å². The Labute approximate surface area is 177 Å². The third kappa shape index (κ3) is 4.96. The molecule has 1 amide bonds. The van der Waals surface area contributed by atoms with Crippen LogP contribution in [0.15, 0.2) is 35.4 Å². The number of nitrogens with zero attached hydrogens (tertiary/aromatic N) is 3. The van der Waals surface area contributed by atoms with Gasteiger partial charge in [-0.05, 0) is 44.2 Å². The van der Waals surface area contributed by atoms with E-state index in [2.05, 4.69) is 9.84 Å². The second kappa shape index (κ2) is 9.07. The molecule has 0 saturated heterocycles. The van der Waals surface area contributed by atoms with Crippen molar-refractivity contribution in [2.75, 3.05) is 13.7 Å². The normalized spacial score (nSPS) is 13.9. The van der Waals surface area contributed by atoms with Crippen LogP contribution in [0, 0.1) is 13.8 Å². The summed E-state index contributed by atoms with van der Waals surface area (Å²) in [5.74, 6) is -1.31. The number of ether oxygens (including phenoxy) is 2. The average molecular weight is 433 g/mol. The smallest absolute Gasteiger partial charge is 0.387 e. The lowest BCUT2D eigenvalue weighted by Crippen LogP contribution is -2.33. The number of rotatable bonds is 7. The van der Waals surface area contributed by atoms with Gasteiger partial charge in [0.05, 0.1) is 0 Å². The quantitative estimate of drug-likeness (QED) is 0.495. The highest BCUT2D eigenvalue weighted by atomic mass is 19.3.